The van der Waals surface area contributed by atoms with Gasteiger partial charge in [-0.3, -0.25) is 4.79 Å². The molecule has 2 N–H and O–H groups in total. The topological polar surface area (TPSA) is 46.3 Å². The molecule has 1 amide bonds. The normalized spacial score (nSPS) is 20.6. The number of nitrogens with zero attached hydrogens (tertiary/aromatic N) is 1. The molecular formula is C8H16N2O. The smallest absolute Gasteiger partial charge is 0.239 e. The molecule has 0 heterocycles. The van der Waals surface area contributed by atoms with E-state index in [0.717, 1.165) is 12.8 Å². The first-order chi connectivity index (χ1) is 5.13. The summed E-state index contributed by atoms with van der Waals surface area (Å²) in [6, 6.07) is -0.251. The van der Waals surface area contributed by atoms with Crippen LogP contribution in [0.2, 0.25) is 0 Å². The van der Waals surface area contributed by atoms with Crippen molar-refractivity contribution in [2.75, 3.05) is 14.1 Å². The van der Waals surface area contributed by atoms with Crippen LogP contribution in [0.15, 0.2) is 0 Å². The van der Waals surface area contributed by atoms with E-state index < -0.39 is 0 Å². The lowest BCUT2D eigenvalue weighted by Gasteiger charge is -2.31. The molecular weight excluding hydrogens is 140 g/mol. The molecule has 0 saturated heterocycles. The second kappa shape index (κ2) is 3.22. The molecule has 1 unspecified atom stereocenters. The van der Waals surface area contributed by atoms with Crippen LogP contribution in [0, 0.1) is 5.92 Å². The van der Waals surface area contributed by atoms with Crippen molar-refractivity contribution in [2.45, 2.75) is 25.3 Å². The molecule has 11 heavy (non-hydrogen) atoms. The molecule has 3 nitrogen and oxygen atoms in total. The molecule has 0 radical (unpaired) electrons. The first-order valence-corrected chi connectivity index (χ1v) is 4.09. The Balaban J connectivity index is 2.39. The van der Waals surface area contributed by atoms with Crippen molar-refractivity contribution in [3.63, 3.8) is 0 Å². The standard InChI is InChI=1S/C8H16N2O/c1-10(2)8(11)7(9)6-4-3-5-6/h6-7H,3-5,9H2,1-2H3. The zero-order valence-electron chi connectivity index (χ0n) is 7.21. The maximum absolute atomic E-state index is 11.3. The Morgan fingerprint density at radius 2 is 2.09 bits per heavy atom. The molecule has 0 spiro atoms. The first-order valence-electron chi connectivity index (χ1n) is 4.09. The van der Waals surface area contributed by atoms with Crippen molar-refractivity contribution in [1.29, 1.82) is 0 Å². The van der Waals surface area contributed by atoms with E-state index in [-0.39, 0.29) is 11.9 Å². The third kappa shape index (κ3) is 1.71. The van der Waals surface area contributed by atoms with Gasteiger partial charge in [-0.05, 0) is 18.8 Å². The van der Waals surface area contributed by atoms with Crippen LogP contribution in [-0.4, -0.2) is 30.9 Å². The van der Waals surface area contributed by atoms with Gasteiger partial charge in [0.05, 0.1) is 6.04 Å². The molecule has 1 rings (SSSR count). The minimum atomic E-state index is -0.251. The van der Waals surface area contributed by atoms with E-state index in [2.05, 4.69) is 0 Å². The summed E-state index contributed by atoms with van der Waals surface area (Å²) in [6.07, 6.45) is 3.49. The van der Waals surface area contributed by atoms with Gasteiger partial charge in [-0.2, -0.15) is 0 Å². The van der Waals surface area contributed by atoms with Gasteiger partial charge in [0, 0.05) is 14.1 Å². The Labute approximate surface area is 67.5 Å². The molecule has 3 heteroatoms. The van der Waals surface area contributed by atoms with Crippen LogP contribution in [0.1, 0.15) is 19.3 Å². The highest BCUT2D eigenvalue weighted by atomic mass is 16.2. The minimum Gasteiger partial charge on any atom is -0.347 e. The summed E-state index contributed by atoms with van der Waals surface area (Å²) in [4.78, 5) is 12.9. The number of likely N-dealkylation sites (N-methyl/N-ethyl adjacent to an activating group) is 1. The number of carbonyl (C=O) groups is 1. The lowest BCUT2D eigenvalue weighted by molar-refractivity contribution is -0.132. The fraction of sp³-hybridized carbons (Fsp3) is 0.875. The van der Waals surface area contributed by atoms with E-state index in [4.69, 9.17) is 5.73 Å². The summed E-state index contributed by atoms with van der Waals surface area (Å²) in [5, 5.41) is 0. The van der Waals surface area contributed by atoms with Crippen molar-refractivity contribution in [3.8, 4) is 0 Å². The monoisotopic (exact) mass is 156 g/mol. The van der Waals surface area contributed by atoms with E-state index in [9.17, 15) is 4.79 Å². The molecule has 0 aromatic carbocycles. The molecule has 1 aliphatic rings. The van der Waals surface area contributed by atoms with Crippen molar-refractivity contribution in [3.05, 3.63) is 0 Å². The largest absolute Gasteiger partial charge is 0.347 e. The predicted molar refractivity (Wildman–Crippen MR) is 44.0 cm³/mol. The Morgan fingerprint density at radius 1 is 1.55 bits per heavy atom. The van der Waals surface area contributed by atoms with E-state index in [1.807, 2.05) is 0 Å². The second-order valence-corrected chi connectivity index (χ2v) is 3.45. The zero-order chi connectivity index (χ0) is 8.43. The molecule has 1 atom stereocenters. The molecule has 0 bridgehead atoms. The zero-order valence-corrected chi connectivity index (χ0v) is 7.21. The van der Waals surface area contributed by atoms with Crippen LogP contribution in [0.25, 0.3) is 0 Å². The summed E-state index contributed by atoms with van der Waals surface area (Å²) in [5.74, 6) is 0.514. The van der Waals surface area contributed by atoms with Crippen molar-refractivity contribution in [1.82, 2.24) is 4.90 Å². The summed E-state index contributed by atoms with van der Waals surface area (Å²) in [7, 11) is 3.50. The van der Waals surface area contributed by atoms with Gasteiger partial charge in [-0.1, -0.05) is 6.42 Å². The Morgan fingerprint density at radius 3 is 2.36 bits per heavy atom. The summed E-state index contributed by atoms with van der Waals surface area (Å²) < 4.78 is 0. The molecule has 1 saturated carbocycles. The van der Waals surface area contributed by atoms with Crippen LogP contribution < -0.4 is 5.73 Å². The number of hydrogen-bond donors (Lipinski definition) is 1. The third-order valence-corrected chi connectivity index (χ3v) is 2.38. The van der Waals surface area contributed by atoms with Crippen LogP contribution in [-0.2, 0) is 4.79 Å². The Kier molecular flexibility index (Phi) is 2.49. The highest BCUT2D eigenvalue weighted by molar-refractivity contribution is 5.81. The molecule has 1 aliphatic carbocycles. The second-order valence-electron chi connectivity index (χ2n) is 3.45. The first kappa shape index (κ1) is 8.53. The Bertz CT molecular complexity index is 152. The molecule has 0 aromatic rings. The molecule has 1 fully saturated rings. The fourth-order valence-electron chi connectivity index (χ4n) is 1.30. The van der Waals surface area contributed by atoms with E-state index >= 15 is 0 Å². The lowest BCUT2D eigenvalue weighted by Crippen LogP contribution is -2.47. The molecule has 64 valence electrons. The number of nitrogens with two attached hydrogens (primary N) is 1. The van der Waals surface area contributed by atoms with Gasteiger partial charge in [-0.25, -0.2) is 0 Å². The summed E-state index contributed by atoms with van der Waals surface area (Å²) >= 11 is 0. The lowest BCUT2D eigenvalue weighted by atomic mass is 9.79. The summed E-state index contributed by atoms with van der Waals surface area (Å²) in [6.45, 7) is 0. The van der Waals surface area contributed by atoms with Gasteiger partial charge in [-0.15, -0.1) is 0 Å². The van der Waals surface area contributed by atoms with Crippen LogP contribution >= 0.6 is 0 Å². The fourth-order valence-corrected chi connectivity index (χ4v) is 1.30. The van der Waals surface area contributed by atoms with Gasteiger partial charge in [0.1, 0.15) is 0 Å². The maximum Gasteiger partial charge on any atom is 0.239 e. The quantitative estimate of drug-likeness (QED) is 0.621. The van der Waals surface area contributed by atoms with Gasteiger partial charge in [0.2, 0.25) is 5.91 Å². The average molecular weight is 156 g/mol. The molecule has 0 aromatic heterocycles. The van der Waals surface area contributed by atoms with Gasteiger partial charge in [0.15, 0.2) is 0 Å². The van der Waals surface area contributed by atoms with Crippen LogP contribution in [0.4, 0.5) is 0 Å². The van der Waals surface area contributed by atoms with Crippen molar-refractivity contribution in [2.24, 2.45) is 11.7 Å². The average Bonchev–Trinajstić information content (AvgIpc) is 1.82. The highest BCUT2D eigenvalue weighted by Crippen LogP contribution is 2.28. The number of rotatable bonds is 2. The SMILES string of the molecule is CN(C)C(=O)C(N)C1CCC1. The highest BCUT2D eigenvalue weighted by Gasteiger charge is 2.29. The van der Waals surface area contributed by atoms with Gasteiger partial charge in [0.25, 0.3) is 0 Å². The number of carbonyl (C=O) groups excluding carboxylic acids is 1. The predicted octanol–water partition coefficient (Wildman–Crippen LogP) is 0.202. The van der Waals surface area contributed by atoms with E-state index in [1.54, 1.807) is 19.0 Å². The summed E-state index contributed by atoms with van der Waals surface area (Å²) in [5.41, 5.74) is 5.73. The minimum absolute atomic E-state index is 0.0645. The van der Waals surface area contributed by atoms with Gasteiger partial charge < -0.3 is 10.6 Å². The van der Waals surface area contributed by atoms with Crippen LogP contribution in [0.5, 0.6) is 0 Å². The Hall–Kier alpha value is -0.570. The molecule has 0 aliphatic heterocycles. The van der Waals surface area contributed by atoms with E-state index in [0.29, 0.717) is 5.92 Å². The number of amides is 1. The third-order valence-electron chi connectivity index (χ3n) is 2.38. The van der Waals surface area contributed by atoms with E-state index in [1.165, 1.54) is 6.42 Å². The van der Waals surface area contributed by atoms with Crippen molar-refractivity contribution >= 4 is 5.91 Å². The maximum atomic E-state index is 11.3. The van der Waals surface area contributed by atoms with Crippen molar-refractivity contribution < 1.29 is 4.79 Å². The van der Waals surface area contributed by atoms with Crippen LogP contribution in [0.3, 0.4) is 0 Å². The van der Waals surface area contributed by atoms with Gasteiger partial charge >= 0.3 is 0 Å². The number of hydrogen-bond acceptors (Lipinski definition) is 2.